The number of amides is 1. The van der Waals surface area contributed by atoms with E-state index in [1.54, 1.807) is 20.8 Å². The van der Waals surface area contributed by atoms with Crippen LogP contribution in [-0.2, 0) is 23.5 Å². The predicted octanol–water partition coefficient (Wildman–Crippen LogP) is 4.93. The van der Waals surface area contributed by atoms with E-state index in [-0.39, 0.29) is 6.61 Å². The Morgan fingerprint density at radius 3 is 1.82 bits per heavy atom. The summed E-state index contributed by atoms with van der Waals surface area (Å²) in [7, 11) is -8.99. The van der Waals surface area contributed by atoms with Crippen LogP contribution in [-0.4, -0.2) is 58.0 Å². The number of alkyl halides is 3. The van der Waals surface area contributed by atoms with Gasteiger partial charge < -0.3 is 13.3 Å². The molecule has 0 spiro atoms. The number of hydrogen-bond donors (Lipinski definition) is 0. The van der Waals surface area contributed by atoms with E-state index in [4.69, 9.17) is 9.16 Å². The van der Waals surface area contributed by atoms with E-state index < -0.39 is 59.0 Å². The van der Waals surface area contributed by atoms with Crippen molar-refractivity contribution in [2.45, 2.75) is 63.7 Å². The average molecular weight is 586 g/mol. The molecule has 3 rings (SSSR count). The molecule has 0 N–H and O–H groups in total. The molecule has 214 valence electrons. The molecule has 2 aromatic carbocycles. The van der Waals surface area contributed by atoms with Gasteiger partial charge in [0.2, 0.25) is 0 Å². The van der Waals surface area contributed by atoms with Crippen LogP contribution < -0.4 is 10.4 Å². The Morgan fingerprint density at radius 1 is 0.923 bits per heavy atom. The first-order valence-electron chi connectivity index (χ1n) is 12.3. The summed E-state index contributed by atoms with van der Waals surface area (Å²) in [6.07, 6.45) is 0.336. The molecule has 1 heterocycles. The van der Waals surface area contributed by atoms with Gasteiger partial charge in [0.15, 0.2) is 0 Å². The number of rotatable bonds is 7. The summed E-state index contributed by atoms with van der Waals surface area (Å²) >= 11 is 0. The van der Waals surface area contributed by atoms with Gasteiger partial charge in [-0.3, -0.25) is 4.90 Å². The molecule has 0 bridgehead atoms. The van der Waals surface area contributed by atoms with Crippen molar-refractivity contribution in [3.8, 4) is 0 Å². The van der Waals surface area contributed by atoms with E-state index in [2.05, 4.69) is 25.0 Å². The molecule has 1 aliphatic rings. The van der Waals surface area contributed by atoms with Crippen LogP contribution in [0.1, 0.15) is 41.5 Å². The van der Waals surface area contributed by atoms with Crippen LogP contribution in [0.4, 0.5) is 18.0 Å². The predicted molar refractivity (Wildman–Crippen MR) is 144 cm³/mol. The van der Waals surface area contributed by atoms with Crippen LogP contribution in [0.5, 0.6) is 0 Å². The number of hydrogen-bond acceptors (Lipinski definition) is 6. The van der Waals surface area contributed by atoms with E-state index in [9.17, 15) is 26.4 Å². The minimum absolute atomic E-state index is 0.133. The number of ether oxygens (including phenoxy) is 1. The molecule has 0 radical (unpaired) electrons. The first-order chi connectivity index (χ1) is 17.9. The molecule has 39 heavy (non-hydrogen) atoms. The van der Waals surface area contributed by atoms with E-state index >= 15 is 0 Å². The number of nitrogens with zero attached hydrogens (tertiary/aromatic N) is 1. The second kappa shape index (κ2) is 11.0. The van der Waals surface area contributed by atoms with Crippen molar-refractivity contribution in [2.75, 3.05) is 13.2 Å². The molecule has 0 saturated carbocycles. The van der Waals surface area contributed by atoms with Crippen LogP contribution in [0, 0.1) is 0 Å². The van der Waals surface area contributed by atoms with Crippen molar-refractivity contribution >= 4 is 34.9 Å². The monoisotopic (exact) mass is 585 g/mol. The van der Waals surface area contributed by atoms with Crippen molar-refractivity contribution in [1.82, 2.24) is 4.90 Å². The van der Waals surface area contributed by atoms with Gasteiger partial charge in [0.05, 0.1) is 19.2 Å². The van der Waals surface area contributed by atoms with Crippen LogP contribution >= 0.6 is 0 Å². The summed E-state index contributed by atoms with van der Waals surface area (Å²) < 4.78 is 79.1. The number of benzene rings is 2. The van der Waals surface area contributed by atoms with Gasteiger partial charge >= 0.3 is 21.7 Å². The highest BCUT2D eigenvalue weighted by Crippen LogP contribution is 2.37. The molecule has 0 fully saturated rings. The zero-order valence-corrected chi connectivity index (χ0v) is 24.6. The third-order valence-corrected chi connectivity index (χ3v) is 12.1. The summed E-state index contributed by atoms with van der Waals surface area (Å²) in [5.74, 6) is -0.533. The van der Waals surface area contributed by atoms with Gasteiger partial charge in [-0.15, -0.1) is 0 Å². The van der Waals surface area contributed by atoms with Gasteiger partial charge in [0.1, 0.15) is 11.4 Å². The lowest BCUT2D eigenvalue weighted by molar-refractivity contribution is -0.0523. The molecule has 0 unspecified atom stereocenters. The minimum Gasteiger partial charge on any atom is -0.444 e. The summed E-state index contributed by atoms with van der Waals surface area (Å²) in [6.45, 7) is 10.4. The quantitative estimate of drug-likeness (QED) is 0.260. The van der Waals surface area contributed by atoms with Crippen molar-refractivity contribution in [3.05, 3.63) is 72.5 Å². The number of halogens is 3. The van der Waals surface area contributed by atoms with Crippen molar-refractivity contribution in [2.24, 2.45) is 0 Å². The molecule has 0 aromatic heterocycles. The summed E-state index contributed by atoms with van der Waals surface area (Å²) in [6, 6.07) is 18.4. The normalized spacial score (nSPS) is 17.1. The summed E-state index contributed by atoms with van der Waals surface area (Å²) in [5, 5.41) is 1.52. The summed E-state index contributed by atoms with van der Waals surface area (Å²) in [5.41, 5.74) is -6.52. The zero-order chi connectivity index (χ0) is 29.3. The van der Waals surface area contributed by atoms with Gasteiger partial charge in [0, 0.05) is 0 Å². The van der Waals surface area contributed by atoms with Crippen LogP contribution in [0.25, 0.3) is 0 Å². The van der Waals surface area contributed by atoms with E-state index in [1.165, 1.54) is 6.08 Å². The molecule has 2 aromatic rings. The van der Waals surface area contributed by atoms with Crippen molar-refractivity contribution < 1.29 is 39.7 Å². The zero-order valence-electron chi connectivity index (χ0n) is 22.8. The van der Waals surface area contributed by atoms with Crippen LogP contribution in [0.2, 0.25) is 5.04 Å². The van der Waals surface area contributed by atoms with Crippen molar-refractivity contribution in [3.63, 3.8) is 0 Å². The fourth-order valence-corrected chi connectivity index (χ4v) is 9.58. The minimum atomic E-state index is -5.92. The van der Waals surface area contributed by atoms with Gasteiger partial charge in [0.25, 0.3) is 8.32 Å². The van der Waals surface area contributed by atoms with E-state index in [1.807, 2.05) is 60.7 Å². The molecule has 1 aliphatic heterocycles. The van der Waals surface area contributed by atoms with E-state index in [0.29, 0.717) is 0 Å². The lowest BCUT2D eigenvalue weighted by Crippen LogP contribution is -2.67. The largest absolute Gasteiger partial charge is 0.534 e. The van der Waals surface area contributed by atoms with Gasteiger partial charge in [-0.05, 0) is 42.3 Å². The van der Waals surface area contributed by atoms with Gasteiger partial charge in [-0.1, -0.05) is 81.4 Å². The summed E-state index contributed by atoms with van der Waals surface area (Å²) in [4.78, 5) is 14.2. The fourth-order valence-electron chi connectivity index (χ4n) is 4.52. The average Bonchev–Trinajstić information content (AvgIpc) is 3.20. The molecule has 1 atom stereocenters. The highest BCUT2D eigenvalue weighted by atomic mass is 32.2. The third-order valence-electron chi connectivity index (χ3n) is 6.12. The molecular formula is C27H34F3NO6SSi. The number of carbonyl (C=O) groups excluding carboxylic acids is 1. The standard InChI is InChI=1S/C27H34F3NO6SSi/c1-25(2,3)36-24(32)31-18-21(37-38(33,34)27(28,29)30)17-20(31)19-35-39(26(4,5)6,22-13-9-7-10-14-22)23-15-11-8-12-16-23/h7-17,20H,18-19H2,1-6H3/t20-/m0/s1. The molecule has 12 heteroatoms. The Hall–Kier alpha value is -2.83. The first-order valence-corrected chi connectivity index (χ1v) is 15.7. The lowest BCUT2D eigenvalue weighted by atomic mass is 10.2. The maximum absolute atomic E-state index is 13.0. The topological polar surface area (TPSA) is 82.1 Å². The highest BCUT2D eigenvalue weighted by molar-refractivity contribution is 7.87. The smallest absolute Gasteiger partial charge is 0.444 e. The Labute approximate surface area is 228 Å². The molecular weight excluding hydrogens is 551 g/mol. The molecule has 1 amide bonds. The second-order valence-electron chi connectivity index (χ2n) is 11.3. The highest BCUT2D eigenvalue weighted by Gasteiger charge is 2.52. The Balaban J connectivity index is 2.05. The molecule has 0 saturated heterocycles. The lowest BCUT2D eigenvalue weighted by Gasteiger charge is -2.44. The Bertz CT molecular complexity index is 1250. The molecule has 0 aliphatic carbocycles. The van der Waals surface area contributed by atoms with Gasteiger partial charge in [-0.25, -0.2) is 4.79 Å². The van der Waals surface area contributed by atoms with Gasteiger partial charge in [-0.2, -0.15) is 21.6 Å². The Morgan fingerprint density at radius 2 is 1.41 bits per heavy atom. The fraction of sp³-hybridized carbons (Fsp3) is 0.444. The van der Waals surface area contributed by atoms with Crippen LogP contribution in [0.3, 0.4) is 0 Å². The maximum Gasteiger partial charge on any atom is 0.534 e. The van der Waals surface area contributed by atoms with Crippen molar-refractivity contribution in [1.29, 1.82) is 0 Å². The first kappa shape index (κ1) is 30.7. The van der Waals surface area contributed by atoms with Crippen LogP contribution in [0.15, 0.2) is 72.5 Å². The molecule has 7 nitrogen and oxygen atoms in total. The second-order valence-corrected chi connectivity index (χ2v) is 17.1. The Kier molecular flexibility index (Phi) is 8.64. The maximum atomic E-state index is 13.0. The number of carbonyl (C=O) groups is 1. The van der Waals surface area contributed by atoms with E-state index in [0.717, 1.165) is 15.3 Å². The SMILES string of the molecule is CC(C)(C)OC(=O)N1CC(OS(=O)(=O)C(F)(F)F)=C[C@H]1CO[Si](c1ccccc1)(c1ccccc1)C(C)(C)C. The third kappa shape index (κ3) is 6.85.